The summed E-state index contributed by atoms with van der Waals surface area (Å²) in [4.78, 5) is 27.0. The largest absolute Gasteiger partial charge is 0.447 e. The first-order valence-corrected chi connectivity index (χ1v) is 11.6. The van der Waals surface area contributed by atoms with Gasteiger partial charge in [0.25, 0.3) is 0 Å². The molecule has 0 spiro atoms. The lowest BCUT2D eigenvalue weighted by Crippen LogP contribution is -2.45. The molecule has 1 N–H and O–H groups in total. The van der Waals surface area contributed by atoms with Crippen LogP contribution in [0.15, 0.2) is 41.1 Å². The molecule has 0 aliphatic carbocycles. The van der Waals surface area contributed by atoms with E-state index in [4.69, 9.17) is 14.0 Å². The van der Waals surface area contributed by atoms with E-state index < -0.39 is 24.3 Å². The highest BCUT2D eigenvalue weighted by Gasteiger charge is 2.40. The Morgan fingerprint density at radius 3 is 2.70 bits per heavy atom. The first-order valence-electron chi connectivity index (χ1n) is 11.6. The van der Waals surface area contributed by atoms with Crippen LogP contribution in [0, 0.1) is 0 Å². The number of alkyl halides is 2. The predicted octanol–water partition coefficient (Wildman–Crippen LogP) is 4.83. The molecule has 4 rings (SSSR count). The van der Waals surface area contributed by atoms with Crippen LogP contribution in [0.5, 0.6) is 5.75 Å². The fraction of sp³-hybridized carbons (Fsp3) is 0.458. The van der Waals surface area contributed by atoms with Crippen molar-refractivity contribution in [3.63, 3.8) is 0 Å². The molecule has 1 saturated heterocycles. The number of amides is 1. The van der Waals surface area contributed by atoms with Gasteiger partial charge in [0.05, 0.1) is 11.7 Å². The Morgan fingerprint density at radius 2 is 1.97 bits per heavy atom. The maximum atomic E-state index is 12.5. The lowest BCUT2D eigenvalue weighted by molar-refractivity contribution is -0.0618. The summed E-state index contributed by atoms with van der Waals surface area (Å²) in [6, 6.07) is 6.72. The Morgan fingerprint density at radius 1 is 1.19 bits per heavy atom. The van der Waals surface area contributed by atoms with E-state index in [9.17, 15) is 13.6 Å². The Labute approximate surface area is 212 Å². The van der Waals surface area contributed by atoms with Crippen molar-refractivity contribution in [2.45, 2.75) is 65.0 Å². The van der Waals surface area contributed by atoms with Crippen molar-refractivity contribution in [1.29, 1.82) is 0 Å². The van der Waals surface area contributed by atoms with Crippen LogP contribution in [-0.2, 0) is 9.47 Å². The molecule has 37 heavy (non-hydrogen) atoms. The summed E-state index contributed by atoms with van der Waals surface area (Å²) in [6.07, 6.45) is 0.688. The molecule has 1 aliphatic heterocycles. The van der Waals surface area contributed by atoms with Crippen LogP contribution < -0.4 is 15.0 Å². The van der Waals surface area contributed by atoms with Crippen LogP contribution in [0.3, 0.4) is 0 Å². The van der Waals surface area contributed by atoms with Crippen LogP contribution in [0.2, 0.25) is 0 Å². The van der Waals surface area contributed by atoms with Gasteiger partial charge in [-0.15, -0.1) is 0 Å². The number of halogens is 2. The molecule has 0 radical (unpaired) electrons. The molecule has 3 aromatic rings. The highest BCUT2D eigenvalue weighted by Crippen LogP contribution is 2.28. The molecule has 0 saturated carbocycles. The van der Waals surface area contributed by atoms with Gasteiger partial charge in [0, 0.05) is 11.8 Å². The Kier molecular flexibility index (Phi) is 7.52. The van der Waals surface area contributed by atoms with Gasteiger partial charge < -0.3 is 24.1 Å². The van der Waals surface area contributed by atoms with Crippen LogP contribution in [0.4, 0.5) is 25.3 Å². The summed E-state index contributed by atoms with van der Waals surface area (Å²) >= 11 is 0. The number of nitrogens with one attached hydrogen (secondary N) is 1. The van der Waals surface area contributed by atoms with E-state index in [2.05, 4.69) is 30.2 Å². The third-order valence-electron chi connectivity index (χ3n) is 5.35. The molecule has 1 fully saturated rings. The summed E-state index contributed by atoms with van der Waals surface area (Å²) in [5.74, 6) is 0.975. The molecule has 13 heteroatoms. The van der Waals surface area contributed by atoms with Gasteiger partial charge in [0.2, 0.25) is 17.7 Å². The van der Waals surface area contributed by atoms with Crippen LogP contribution in [0.1, 0.15) is 46.6 Å². The quantitative estimate of drug-likeness (QED) is 0.421. The number of nitrogens with zero attached hydrogens (tertiary/aromatic N) is 5. The number of hydrogen-bond acceptors (Lipinski definition) is 10. The van der Waals surface area contributed by atoms with Gasteiger partial charge in [-0.3, -0.25) is 4.90 Å². The van der Waals surface area contributed by atoms with E-state index in [0.717, 1.165) is 0 Å². The number of anilines is 2. The first-order chi connectivity index (χ1) is 17.5. The van der Waals surface area contributed by atoms with Crippen molar-refractivity contribution in [2.75, 3.05) is 16.8 Å². The van der Waals surface area contributed by atoms with E-state index in [1.165, 1.54) is 23.2 Å². The Hall–Kier alpha value is -3.87. The van der Waals surface area contributed by atoms with Crippen molar-refractivity contribution in [3.8, 4) is 17.1 Å². The molecule has 11 nitrogen and oxygen atoms in total. The van der Waals surface area contributed by atoms with Crippen molar-refractivity contribution < 1.29 is 32.3 Å². The van der Waals surface area contributed by atoms with Gasteiger partial charge >= 0.3 is 12.7 Å². The molecule has 0 bridgehead atoms. The topological polar surface area (TPSA) is 125 Å². The molecule has 1 aromatic carbocycles. The van der Waals surface area contributed by atoms with E-state index in [1.807, 2.05) is 27.7 Å². The molecule has 1 aliphatic rings. The molecular weight excluding hydrogens is 490 g/mol. The summed E-state index contributed by atoms with van der Waals surface area (Å²) < 4.78 is 46.1. The monoisotopic (exact) mass is 518 g/mol. The number of cyclic esters (lactones) is 1. The molecule has 3 heterocycles. The zero-order valence-electron chi connectivity index (χ0n) is 21.0. The number of aromatic nitrogens is 4. The van der Waals surface area contributed by atoms with Crippen molar-refractivity contribution in [3.05, 3.63) is 42.4 Å². The number of benzene rings is 1. The maximum Gasteiger partial charge on any atom is 0.416 e. The molecule has 198 valence electrons. The van der Waals surface area contributed by atoms with Crippen molar-refractivity contribution in [2.24, 2.45) is 0 Å². The molecule has 1 amide bonds. The number of hydrogen-bond donors (Lipinski definition) is 1. The second-order valence-electron chi connectivity index (χ2n) is 9.42. The van der Waals surface area contributed by atoms with Gasteiger partial charge in [-0.05, 0) is 52.8 Å². The minimum Gasteiger partial charge on any atom is -0.447 e. The first kappa shape index (κ1) is 26.2. The maximum absolute atomic E-state index is 12.5. The number of carbonyl (C=O) groups is 1. The zero-order valence-corrected chi connectivity index (χ0v) is 21.0. The lowest BCUT2D eigenvalue weighted by Gasteiger charge is -2.31. The molecule has 3 atom stereocenters. The van der Waals surface area contributed by atoms with E-state index in [0.29, 0.717) is 11.4 Å². The number of carbonyl (C=O) groups excluding carboxylic acids is 1. The molecular formula is C24H28F2N6O5. The van der Waals surface area contributed by atoms with Gasteiger partial charge in [-0.1, -0.05) is 17.3 Å². The van der Waals surface area contributed by atoms with Crippen LogP contribution in [0.25, 0.3) is 11.4 Å². The SMILES string of the molecule is C[C@H](Nc1nccc(N2C(=O)OC[C@@H]2[C@@H](C)OC(C)(C)C)n1)c1nc(-c2cccc(OC(F)F)c2)no1. The third-order valence-corrected chi connectivity index (χ3v) is 5.35. The minimum absolute atomic E-state index is 0.0174. The number of ether oxygens (including phenoxy) is 3. The fourth-order valence-corrected chi connectivity index (χ4v) is 3.83. The second kappa shape index (κ2) is 10.6. The van der Waals surface area contributed by atoms with Crippen LogP contribution >= 0.6 is 0 Å². The predicted molar refractivity (Wildman–Crippen MR) is 128 cm³/mol. The lowest BCUT2D eigenvalue weighted by atomic mass is 10.1. The second-order valence-corrected chi connectivity index (χ2v) is 9.42. The Balaban J connectivity index is 1.48. The summed E-state index contributed by atoms with van der Waals surface area (Å²) in [7, 11) is 0. The average molecular weight is 519 g/mol. The van der Waals surface area contributed by atoms with Crippen LogP contribution in [-0.4, -0.2) is 57.2 Å². The van der Waals surface area contributed by atoms with Crippen molar-refractivity contribution >= 4 is 17.9 Å². The zero-order chi connectivity index (χ0) is 26.7. The van der Waals surface area contributed by atoms with Gasteiger partial charge in [-0.25, -0.2) is 9.78 Å². The van der Waals surface area contributed by atoms with Gasteiger partial charge in [0.1, 0.15) is 30.3 Å². The average Bonchev–Trinajstić information content (AvgIpc) is 3.45. The van der Waals surface area contributed by atoms with Crippen molar-refractivity contribution in [1.82, 2.24) is 20.1 Å². The highest BCUT2D eigenvalue weighted by atomic mass is 19.3. The minimum atomic E-state index is -2.94. The van der Waals surface area contributed by atoms with E-state index in [-0.39, 0.29) is 42.2 Å². The fourth-order valence-electron chi connectivity index (χ4n) is 3.83. The standard InChI is InChI=1S/C24H28F2N6O5/c1-13(20-30-19(31-37-20)15-7-6-8-16(11-15)35-21(25)26)28-22-27-10-9-18(29-22)32-17(12-34-23(32)33)14(2)36-24(3,4)5/h6-11,13-14,17,21H,12H2,1-5H3,(H,27,28,29)/t13-,14+,17+/m0/s1. The van der Waals surface area contributed by atoms with Gasteiger partial charge in [0.15, 0.2) is 0 Å². The summed E-state index contributed by atoms with van der Waals surface area (Å²) in [5, 5.41) is 6.99. The summed E-state index contributed by atoms with van der Waals surface area (Å²) in [5.41, 5.74) is 0.0499. The van der Waals surface area contributed by atoms with Gasteiger partial charge in [-0.2, -0.15) is 18.7 Å². The van der Waals surface area contributed by atoms with E-state index in [1.54, 1.807) is 25.1 Å². The normalized spacial score (nSPS) is 17.6. The number of rotatable bonds is 9. The molecule has 0 unspecified atom stereocenters. The van der Waals surface area contributed by atoms with E-state index >= 15 is 0 Å². The molecule has 2 aromatic heterocycles. The summed E-state index contributed by atoms with van der Waals surface area (Å²) in [6.45, 7) is 6.70. The smallest absolute Gasteiger partial charge is 0.416 e. The highest BCUT2D eigenvalue weighted by molar-refractivity contribution is 5.89. The Bertz CT molecular complexity index is 1230. The third kappa shape index (κ3) is 6.47.